The molecular formula is C28H54N4. The number of nitrogens with zero attached hydrogens (tertiary/aromatic N) is 4. The van der Waals surface area contributed by atoms with Crippen molar-refractivity contribution in [2.75, 3.05) is 52.9 Å². The van der Waals surface area contributed by atoms with Crippen LogP contribution in [0.25, 0.3) is 0 Å². The summed E-state index contributed by atoms with van der Waals surface area (Å²) in [7, 11) is 2.26. The summed E-state index contributed by atoms with van der Waals surface area (Å²) in [4.78, 5) is 10.6. The van der Waals surface area contributed by atoms with Crippen LogP contribution in [0.2, 0.25) is 0 Å². The van der Waals surface area contributed by atoms with E-state index in [-0.39, 0.29) is 16.6 Å². The summed E-state index contributed by atoms with van der Waals surface area (Å²) in [6.07, 6.45) is 7.48. The van der Waals surface area contributed by atoms with E-state index >= 15 is 0 Å². The lowest BCUT2D eigenvalue weighted by atomic mass is 9.70. The van der Waals surface area contributed by atoms with Crippen molar-refractivity contribution >= 4 is 0 Å². The molecule has 0 radical (unpaired) electrons. The van der Waals surface area contributed by atoms with E-state index in [0.717, 1.165) is 6.54 Å². The molecule has 32 heavy (non-hydrogen) atoms. The normalized spacial score (nSPS) is 24.9. The van der Waals surface area contributed by atoms with Crippen molar-refractivity contribution < 1.29 is 0 Å². The van der Waals surface area contributed by atoms with Crippen molar-refractivity contribution in [3.63, 3.8) is 0 Å². The fourth-order valence-electron chi connectivity index (χ4n) is 6.23. The molecule has 3 rings (SSSR count). The Labute approximate surface area is 200 Å². The van der Waals surface area contributed by atoms with Crippen LogP contribution in [0.3, 0.4) is 0 Å². The van der Waals surface area contributed by atoms with Gasteiger partial charge in [-0.1, -0.05) is 19.1 Å². The molecule has 0 saturated carbocycles. The molecule has 2 fully saturated rings. The van der Waals surface area contributed by atoms with Gasteiger partial charge in [0.1, 0.15) is 0 Å². The highest BCUT2D eigenvalue weighted by Gasteiger charge is 2.52. The van der Waals surface area contributed by atoms with Crippen LogP contribution in [0.4, 0.5) is 0 Å². The third-order valence-electron chi connectivity index (χ3n) is 8.94. The largest absolute Gasteiger partial charge is 0.304 e. The Hall–Kier alpha value is -0.420. The third-order valence-corrected chi connectivity index (χ3v) is 8.94. The van der Waals surface area contributed by atoms with Crippen molar-refractivity contribution in [1.82, 2.24) is 19.6 Å². The zero-order valence-electron chi connectivity index (χ0n) is 23.4. The van der Waals surface area contributed by atoms with Crippen LogP contribution in [0.1, 0.15) is 82.1 Å². The Kier molecular flexibility index (Phi) is 7.09. The molecule has 4 heteroatoms. The van der Waals surface area contributed by atoms with E-state index in [9.17, 15) is 0 Å². The van der Waals surface area contributed by atoms with E-state index in [1.807, 2.05) is 0 Å². The van der Waals surface area contributed by atoms with Crippen molar-refractivity contribution in [1.29, 1.82) is 0 Å². The number of likely N-dealkylation sites (tertiary alicyclic amines) is 2. The molecular weight excluding hydrogens is 392 g/mol. The predicted molar refractivity (Wildman–Crippen MR) is 139 cm³/mol. The van der Waals surface area contributed by atoms with Crippen LogP contribution in [0.5, 0.6) is 0 Å². The first-order chi connectivity index (χ1) is 14.5. The second-order valence-corrected chi connectivity index (χ2v) is 14.5. The molecule has 4 nitrogen and oxygen atoms in total. The SMILES string of the molecule is CC(C)N(C)CCC1(C)CN(C(C)(C)CC(C)(C)N2CC3(C=CCN(C(C)(C)C)C3)C2)C1. The lowest BCUT2D eigenvalue weighted by molar-refractivity contribution is -0.111. The average Bonchev–Trinajstić information content (AvgIpc) is 2.60. The average molecular weight is 447 g/mol. The number of hydrogen-bond donors (Lipinski definition) is 0. The minimum Gasteiger partial charge on any atom is -0.304 e. The van der Waals surface area contributed by atoms with E-state index in [0.29, 0.717) is 16.9 Å². The number of hydrogen-bond acceptors (Lipinski definition) is 4. The first kappa shape index (κ1) is 26.2. The monoisotopic (exact) mass is 446 g/mol. The summed E-state index contributed by atoms with van der Waals surface area (Å²) in [5, 5.41) is 0. The lowest BCUT2D eigenvalue weighted by Crippen LogP contribution is -2.70. The summed E-state index contributed by atoms with van der Waals surface area (Å²) in [6, 6.07) is 0.640. The minimum absolute atomic E-state index is 0.233. The van der Waals surface area contributed by atoms with Gasteiger partial charge in [-0.25, -0.2) is 0 Å². The van der Waals surface area contributed by atoms with Gasteiger partial charge in [-0.2, -0.15) is 0 Å². The molecule has 0 aromatic heterocycles. The minimum atomic E-state index is 0.233. The van der Waals surface area contributed by atoms with Gasteiger partial charge >= 0.3 is 0 Å². The highest BCUT2D eigenvalue weighted by Crippen LogP contribution is 2.45. The van der Waals surface area contributed by atoms with Crippen molar-refractivity contribution in [2.24, 2.45) is 10.8 Å². The Morgan fingerprint density at radius 1 is 0.844 bits per heavy atom. The number of rotatable bonds is 8. The molecule has 0 aromatic carbocycles. The first-order valence-corrected chi connectivity index (χ1v) is 13.1. The van der Waals surface area contributed by atoms with E-state index in [1.54, 1.807) is 0 Å². The Morgan fingerprint density at radius 2 is 1.34 bits per heavy atom. The van der Waals surface area contributed by atoms with Gasteiger partial charge in [0.05, 0.1) is 0 Å². The topological polar surface area (TPSA) is 13.0 Å². The first-order valence-electron chi connectivity index (χ1n) is 13.1. The summed E-state index contributed by atoms with van der Waals surface area (Å²) in [6.45, 7) is 32.5. The van der Waals surface area contributed by atoms with Gasteiger partial charge in [-0.3, -0.25) is 14.7 Å². The molecule has 0 aliphatic carbocycles. The van der Waals surface area contributed by atoms with Crippen molar-refractivity contribution in [2.45, 2.75) is 105 Å². The molecule has 0 amide bonds. The summed E-state index contributed by atoms with van der Waals surface area (Å²) >= 11 is 0. The summed E-state index contributed by atoms with van der Waals surface area (Å²) < 4.78 is 0. The maximum atomic E-state index is 2.75. The predicted octanol–water partition coefficient (Wildman–Crippen LogP) is 4.96. The Bertz CT molecular complexity index is 672. The second kappa shape index (κ2) is 8.66. The zero-order chi connectivity index (χ0) is 24.2. The van der Waals surface area contributed by atoms with Gasteiger partial charge in [-0.15, -0.1) is 0 Å². The van der Waals surface area contributed by atoms with E-state index < -0.39 is 0 Å². The highest BCUT2D eigenvalue weighted by molar-refractivity contribution is 5.17. The fraction of sp³-hybridized carbons (Fsp3) is 0.929. The molecule has 3 heterocycles. The van der Waals surface area contributed by atoms with E-state index in [4.69, 9.17) is 0 Å². The van der Waals surface area contributed by atoms with Gasteiger partial charge in [0.2, 0.25) is 0 Å². The van der Waals surface area contributed by atoms with Gasteiger partial charge in [-0.05, 0) is 94.2 Å². The van der Waals surface area contributed by atoms with Gasteiger partial charge in [0, 0.05) is 67.3 Å². The van der Waals surface area contributed by atoms with E-state index in [2.05, 4.69) is 108 Å². The van der Waals surface area contributed by atoms with Crippen LogP contribution in [0, 0.1) is 10.8 Å². The highest BCUT2D eigenvalue weighted by atomic mass is 15.3. The van der Waals surface area contributed by atoms with Crippen LogP contribution in [0.15, 0.2) is 12.2 Å². The second-order valence-electron chi connectivity index (χ2n) is 14.5. The molecule has 0 unspecified atom stereocenters. The van der Waals surface area contributed by atoms with Crippen molar-refractivity contribution in [3.05, 3.63) is 12.2 Å². The maximum absolute atomic E-state index is 2.75. The van der Waals surface area contributed by atoms with Gasteiger partial charge in [0.25, 0.3) is 0 Å². The van der Waals surface area contributed by atoms with Gasteiger partial charge in [0.15, 0.2) is 0 Å². The zero-order valence-corrected chi connectivity index (χ0v) is 23.4. The molecule has 0 N–H and O–H groups in total. The molecule has 186 valence electrons. The molecule has 0 aromatic rings. The van der Waals surface area contributed by atoms with Crippen LogP contribution < -0.4 is 0 Å². The third kappa shape index (κ3) is 5.62. The quantitative estimate of drug-likeness (QED) is 0.489. The van der Waals surface area contributed by atoms with Gasteiger partial charge < -0.3 is 4.90 Å². The Balaban J connectivity index is 1.51. The van der Waals surface area contributed by atoms with Crippen LogP contribution >= 0.6 is 0 Å². The smallest absolute Gasteiger partial charge is 0.0265 e. The van der Waals surface area contributed by atoms with Crippen LogP contribution in [-0.2, 0) is 0 Å². The molecule has 0 bridgehead atoms. The molecule has 3 aliphatic heterocycles. The Morgan fingerprint density at radius 3 is 1.84 bits per heavy atom. The molecule has 0 atom stereocenters. The molecule has 2 saturated heterocycles. The van der Waals surface area contributed by atoms with Crippen molar-refractivity contribution in [3.8, 4) is 0 Å². The fourth-order valence-corrected chi connectivity index (χ4v) is 6.23. The van der Waals surface area contributed by atoms with E-state index in [1.165, 1.54) is 52.1 Å². The summed E-state index contributed by atoms with van der Waals surface area (Å²) in [5.41, 5.74) is 1.58. The lowest BCUT2D eigenvalue weighted by Gasteiger charge is -2.62. The molecule has 1 spiro atoms. The van der Waals surface area contributed by atoms with Crippen LogP contribution in [-0.4, -0.2) is 95.1 Å². The maximum Gasteiger partial charge on any atom is 0.0265 e. The molecule has 3 aliphatic rings. The summed E-state index contributed by atoms with van der Waals surface area (Å²) in [5.74, 6) is 0. The standard InChI is InChI=1S/C28H54N4/c1-23(2)29(11)16-14-27(10)18-31(19-27)25(6,7)17-26(8,9)32-21-28(22-32)13-12-15-30(20-28)24(3,4)5/h12-13,23H,14-22H2,1-11H3.